The molecule has 0 radical (unpaired) electrons. The van der Waals surface area contributed by atoms with Gasteiger partial charge in [-0.3, -0.25) is 4.79 Å². The number of para-hydroxylation sites is 1. The van der Waals surface area contributed by atoms with Crippen molar-refractivity contribution in [1.29, 1.82) is 0 Å². The van der Waals surface area contributed by atoms with E-state index in [1.165, 1.54) is 0 Å². The quantitative estimate of drug-likeness (QED) is 0.490. The van der Waals surface area contributed by atoms with Gasteiger partial charge in [0, 0.05) is 13.1 Å². The van der Waals surface area contributed by atoms with Crippen LogP contribution in [0.1, 0.15) is 24.2 Å². The van der Waals surface area contributed by atoms with Crippen LogP contribution in [0.5, 0.6) is 28.7 Å². The Morgan fingerprint density at radius 2 is 1.24 bits per heavy atom. The van der Waals surface area contributed by atoms with Gasteiger partial charge in [0.2, 0.25) is 0 Å². The molecule has 3 aromatic carbocycles. The molecule has 0 unspecified atom stereocenters. The molecule has 0 bridgehead atoms. The molecular formula is C24H25NO4. The summed E-state index contributed by atoms with van der Waals surface area (Å²) in [5.74, 6) is 2.77. The molecule has 0 aliphatic rings. The molecule has 1 amide bonds. The fraction of sp³-hybridized carbons (Fsp3) is 0.208. The van der Waals surface area contributed by atoms with E-state index in [2.05, 4.69) is 0 Å². The molecule has 0 aliphatic carbocycles. The Morgan fingerprint density at radius 3 is 1.76 bits per heavy atom. The maximum atomic E-state index is 13.3. The SMILES string of the molecule is CCN(CC)C(=O)c1c(Oc2ccccc2)cccc1Oc1ccc(OC)cc1. The van der Waals surface area contributed by atoms with Gasteiger partial charge in [0.25, 0.3) is 5.91 Å². The van der Waals surface area contributed by atoms with Gasteiger partial charge in [0.05, 0.1) is 7.11 Å². The maximum Gasteiger partial charge on any atom is 0.261 e. The lowest BCUT2D eigenvalue weighted by Crippen LogP contribution is -2.31. The van der Waals surface area contributed by atoms with Crippen LogP contribution in [0.15, 0.2) is 72.8 Å². The van der Waals surface area contributed by atoms with Gasteiger partial charge in [0.1, 0.15) is 34.3 Å². The molecule has 0 heterocycles. The van der Waals surface area contributed by atoms with Crippen LogP contribution in [-0.2, 0) is 0 Å². The summed E-state index contributed by atoms with van der Waals surface area (Å²) in [7, 11) is 1.61. The normalized spacial score (nSPS) is 10.3. The Balaban J connectivity index is 2.01. The number of benzene rings is 3. The Labute approximate surface area is 171 Å². The smallest absolute Gasteiger partial charge is 0.261 e. The van der Waals surface area contributed by atoms with Crippen LogP contribution in [0.25, 0.3) is 0 Å². The monoisotopic (exact) mass is 391 g/mol. The lowest BCUT2D eigenvalue weighted by molar-refractivity contribution is 0.0767. The summed E-state index contributed by atoms with van der Waals surface area (Å²) in [6, 6.07) is 22.0. The maximum absolute atomic E-state index is 13.3. The van der Waals surface area contributed by atoms with E-state index in [9.17, 15) is 4.79 Å². The highest BCUT2D eigenvalue weighted by atomic mass is 16.5. The summed E-state index contributed by atoms with van der Waals surface area (Å²) in [4.78, 5) is 15.0. The molecule has 0 atom stereocenters. The van der Waals surface area contributed by atoms with Crippen molar-refractivity contribution in [2.24, 2.45) is 0 Å². The van der Waals surface area contributed by atoms with Gasteiger partial charge >= 0.3 is 0 Å². The van der Waals surface area contributed by atoms with Gasteiger partial charge in [-0.15, -0.1) is 0 Å². The van der Waals surface area contributed by atoms with Crippen molar-refractivity contribution in [2.45, 2.75) is 13.8 Å². The first-order chi connectivity index (χ1) is 14.2. The molecular weight excluding hydrogens is 366 g/mol. The second-order valence-electron chi connectivity index (χ2n) is 6.30. The Morgan fingerprint density at radius 1 is 0.724 bits per heavy atom. The second-order valence-corrected chi connectivity index (χ2v) is 6.30. The number of carbonyl (C=O) groups is 1. The Hall–Kier alpha value is -3.47. The van der Waals surface area contributed by atoms with E-state index < -0.39 is 0 Å². The molecule has 150 valence electrons. The summed E-state index contributed by atoms with van der Waals surface area (Å²) in [6.07, 6.45) is 0. The second kappa shape index (κ2) is 9.64. The van der Waals surface area contributed by atoms with Crippen LogP contribution in [0.3, 0.4) is 0 Å². The fourth-order valence-electron chi connectivity index (χ4n) is 2.95. The minimum absolute atomic E-state index is 0.134. The van der Waals surface area contributed by atoms with E-state index in [1.54, 1.807) is 36.3 Å². The molecule has 29 heavy (non-hydrogen) atoms. The number of ether oxygens (including phenoxy) is 3. The number of hydrogen-bond acceptors (Lipinski definition) is 4. The van der Waals surface area contributed by atoms with Crippen molar-refractivity contribution in [3.8, 4) is 28.7 Å². The van der Waals surface area contributed by atoms with Gasteiger partial charge in [0.15, 0.2) is 0 Å². The zero-order valence-corrected chi connectivity index (χ0v) is 16.9. The van der Waals surface area contributed by atoms with Gasteiger partial charge in [-0.05, 0) is 62.4 Å². The van der Waals surface area contributed by atoms with E-state index in [1.807, 2.05) is 62.4 Å². The standard InChI is InChI=1S/C24H25NO4/c1-4-25(5-2)24(26)23-21(28-19-10-7-6-8-11-19)12-9-13-22(23)29-20-16-14-18(27-3)15-17-20/h6-17H,4-5H2,1-3H3. The number of nitrogens with zero attached hydrogens (tertiary/aromatic N) is 1. The fourth-order valence-corrected chi connectivity index (χ4v) is 2.95. The number of methoxy groups -OCH3 is 1. The lowest BCUT2D eigenvalue weighted by Gasteiger charge is -2.22. The molecule has 3 aromatic rings. The molecule has 0 N–H and O–H groups in total. The van der Waals surface area contributed by atoms with Crippen LogP contribution in [0, 0.1) is 0 Å². The average molecular weight is 391 g/mol. The molecule has 0 saturated heterocycles. The van der Waals surface area contributed by atoms with Crippen LogP contribution < -0.4 is 14.2 Å². The van der Waals surface area contributed by atoms with Crippen LogP contribution in [0.4, 0.5) is 0 Å². The minimum Gasteiger partial charge on any atom is -0.497 e. The highest BCUT2D eigenvalue weighted by Gasteiger charge is 2.23. The van der Waals surface area contributed by atoms with Crippen LogP contribution in [-0.4, -0.2) is 31.0 Å². The highest BCUT2D eigenvalue weighted by molar-refractivity contribution is 6.00. The summed E-state index contributed by atoms with van der Waals surface area (Å²) >= 11 is 0. The third-order valence-corrected chi connectivity index (χ3v) is 4.51. The van der Waals surface area contributed by atoms with Crippen molar-refractivity contribution in [1.82, 2.24) is 4.90 Å². The molecule has 3 rings (SSSR count). The zero-order valence-electron chi connectivity index (χ0n) is 16.9. The van der Waals surface area contributed by atoms with Gasteiger partial charge < -0.3 is 19.1 Å². The van der Waals surface area contributed by atoms with Crippen molar-refractivity contribution in [3.63, 3.8) is 0 Å². The molecule has 5 nitrogen and oxygen atoms in total. The predicted molar refractivity (Wildman–Crippen MR) is 113 cm³/mol. The van der Waals surface area contributed by atoms with Crippen LogP contribution >= 0.6 is 0 Å². The minimum atomic E-state index is -0.134. The van der Waals surface area contributed by atoms with E-state index >= 15 is 0 Å². The van der Waals surface area contributed by atoms with E-state index in [0.717, 1.165) is 5.75 Å². The molecule has 0 saturated carbocycles. The lowest BCUT2D eigenvalue weighted by atomic mass is 10.1. The van der Waals surface area contributed by atoms with E-state index in [4.69, 9.17) is 14.2 Å². The first-order valence-electron chi connectivity index (χ1n) is 9.63. The zero-order chi connectivity index (χ0) is 20.6. The Bertz CT molecular complexity index is 935. The van der Waals surface area contributed by atoms with Gasteiger partial charge in [-0.25, -0.2) is 0 Å². The largest absolute Gasteiger partial charge is 0.497 e. The topological polar surface area (TPSA) is 48.0 Å². The number of amides is 1. The summed E-state index contributed by atoms with van der Waals surface area (Å²) in [5.41, 5.74) is 0.399. The molecule has 0 aromatic heterocycles. The van der Waals surface area contributed by atoms with Gasteiger partial charge in [-0.2, -0.15) is 0 Å². The van der Waals surface area contributed by atoms with Gasteiger partial charge in [-0.1, -0.05) is 24.3 Å². The third-order valence-electron chi connectivity index (χ3n) is 4.51. The van der Waals surface area contributed by atoms with E-state index in [0.29, 0.717) is 41.7 Å². The summed E-state index contributed by atoms with van der Waals surface area (Å²) in [5, 5.41) is 0. The number of hydrogen-bond donors (Lipinski definition) is 0. The first-order valence-corrected chi connectivity index (χ1v) is 9.63. The first kappa shape index (κ1) is 20.3. The third kappa shape index (κ3) is 4.88. The molecule has 0 spiro atoms. The highest BCUT2D eigenvalue weighted by Crippen LogP contribution is 2.36. The number of carbonyl (C=O) groups excluding carboxylic acids is 1. The predicted octanol–water partition coefficient (Wildman–Crippen LogP) is 5.76. The molecule has 0 aliphatic heterocycles. The van der Waals surface area contributed by atoms with Crippen molar-refractivity contribution < 1.29 is 19.0 Å². The Kier molecular flexibility index (Phi) is 6.74. The molecule has 0 fully saturated rings. The van der Waals surface area contributed by atoms with Crippen molar-refractivity contribution >= 4 is 5.91 Å². The number of rotatable bonds is 8. The van der Waals surface area contributed by atoms with Crippen LogP contribution in [0.2, 0.25) is 0 Å². The summed E-state index contributed by atoms with van der Waals surface area (Å²) in [6.45, 7) is 5.09. The van der Waals surface area contributed by atoms with E-state index in [-0.39, 0.29) is 5.91 Å². The van der Waals surface area contributed by atoms with Crippen molar-refractivity contribution in [3.05, 3.63) is 78.4 Å². The molecule has 5 heteroatoms. The average Bonchev–Trinajstić information content (AvgIpc) is 2.76. The summed E-state index contributed by atoms with van der Waals surface area (Å²) < 4.78 is 17.3. The van der Waals surface area contributed by atoms with Crippen molar-refractivity contribution in [2.75, 3.05) is 20.2 Å².